The summed E-state index contributed by atoms with van der Waals surface area (Å²) < 4.78 is 0. The molecule has 108 valence electrons. The molecule has 2 fully saturated rings. The lowest BCUT2D eigenvalue weighted by atomic mass is 9.98. The third-order valence-electron chi connectivity index (χ3n) is 4.27. The van der Waals surface area contributed by atoms with Gasteiger partial charge in [-0.15, -0.1) is 12.4 Å². The second kappa shape index (κ2) is 7.68. The maximum Gasteiger partial charge on any atom is 0.0120 e. The Morgan fingerprint density at radius 1 is 1.00 bits per heavy atom. The molecule has 2 heterocycles. The van der Waals surface area contributed by atoms with E-state index in [1.54, 1.807) is 0 Å². The number of nitrogens with two attached hydrogens (primary N) is 1. The van der Waals surface area contributed by atoms with Crippen molar-refractivity contribution in [1.29, 1.82) is 0 Å². The Labute approximate surface area is 118 Å². The lowest BCUT2D eigenvalue weighted by molar-refractivity contribution is 0.0834. The van der Waals surface area contributed by atoms with Gasteiger partial charge in [-0.3, -0.25) is 0 Å². The molecule has 2 aliphatic rings. The van der Waals surface area contributed by atoms with Crippen molar-refractivity contribution < 1.29 is 0 Å². The molecular weight excluding hydrogens is 246 g/mol. The number of likely N-dealkylation sites (tertiary alicyclic amines) is 2. The molecule has 0 aromatic heterocycles. The summed E-state index contributed by atoms with van der Waals surface area (Å²) in [4.78, 5) is 5.33. The fourth-order valence-electron chi connectivity index (χ4n) is 3.27. The maximum atomic E-state index is 5.97. The normalized spacial score (nSPS) is 25.3. The van der Waals surface area contributed by atoms with E-state index in [0.717, 1.165) is 12.0 Å². The first kappa shape index (κ1) is 16.2. The van der Waals surface area contributed by atoms with Gasteiger partial charge in [-0.1, -0.05) is 13.8 Å². The average molecular weight is 276 g/mol. The topological polar surface area (TPSA) is 32.5 Å². The van der Waals surface area contributed by atoms with E-state index < -0.39 is 0 Å². The Bertz CT molecular complexity index is 219. The molecule has 0 unspecified atom stereocenters. The van der Waals surface area contributed by atoms with Gasteiger partial charge < -0.3 is 15.5 Å². The van der Waals surface area contributed by atoms with Crippen LogP contribution in [0.2, 0.25) is 0 Å². The van der Waals surface area contributed by atoms with Crippen molar-refractivity contribution >= 4 is 12.4 Å². The van der Waals surface area contributed by atoms with Crippen molar-refractivity contribution in [3.05, 3.63) is 0 Å². The molecule has 0 aromatic rings. The minimum Gasteiger partial charge on any atom is -0.328 e. The second-order valence-electron chi connectivity index (χ2n) is 6.30. The molecule has 2 saturated heterocycles. The van der Waals surface area contributed by atoms with E-state index in [9.17, 15) is 0 Å². The fourth-order valence-corrected chi connectivity index (χ4v) is 3.27. The third kappa shape index (κ3) is 4.69. The van der Waals surface area contributed by atoms with Crippen molar-refractivity contribution in [2.45, 2.75) is 51.6 Å². The standard InChI is InChI=1S/C14H29N3.ClH/c1-12(2)11-16-7-5-14(6-8-16)17-9-3-13(15)4-10-17;/h12-14H,3-11,15H2,1-2H3;1H. The van der Waals surface area contributed by atoms with Gasteiger partial charge in [0.1, 0.15) is 0 Å². The molecule has 0 aliphatic carbocycles. The van der Waals surface area contributed by atoms with Gasteiger partial charge in [-0.25, -0.2) is 0 Å². The molecule has 0 aromatic carbocycles. The van der Waals surface area contributed by atoms with Crippen LogP contribution in [0.5, 0.6) is 0 Å². The highest BCUT2D eigenvalue weighted by atomic mass is 35.5. The van der Waals surface area contributed by atoms with Gasteiger partial charge in [0.05, 0.1) is 0 Å². The first-order valence-corrected chi connectivity index (χ1v) is 7.37. The fraction of sp³-hybridized carbons (Fsp3) is 1.00. The van der Waals surface area contributed by atoms with Crippen LogP contribution in [-0.4, -0.2) is 54.6 Å². The summed E-state index contributed by atoms with van der Waals surface area (Å²) in [5, 5.41) is 0. The number of piperidine rings is 2. The van der Waals surface area contributed by atoms with Gasteiger partial charge >= 0.3 is 0 Å². The lowest BCUT2D eigenvalue weighted by Gasteiger charge is -2.41. The molecule has 0 bridgehead atoms. The zero-order valence-corrected chi connectivity index (χ0v) is 12.8. The third-order valence-corrected chi connectivity index (χ3v) is 4.27. The summed E-state index contributed by atoms with van der Waals surface area (Å²) in [6, 6.07) is 1.30. The molecule has 2 rings (SSSR count). The summed E-state index contributed by atoms with van der Waals surface area (Å²) in [7, 11) is 0. The second-order valence-corrected chi connectivity index (χ2v) is 6.30. The summed E-state index contributed by atoms with van der Waals surface area (Å²) in [6.07, 6.45) is 5.13. The van der Waals surface area contributed by atoms with Crippen LogP contribution in [0.15, 0.2) is 0 Å². The molecule has 0 atom stereocenters. The predicted octanol–water partition coefficient (Wildman–Crippen LogP) is 1.95. The molecule has 0 saturated carbocycles. The van der Waals surface area contributed by atoms with Crippen LogP contribution in [0.3, 0.4) is 0 Å². The molecule has 4 heteroatoms. The summed E-state index contributed by atoms with van der Waals surface area (Å²) in [5.74, 6) is 0.805. The minimum absolute atomic E-state index is 0. The molecule has 0 spiro atoms. The van der Waals surface area contributed by atoms with Gasteiger partial charge in [0.15, 0.2) is 0 Å². The Balaban J connectivity index is 0.00000162. The Morgan fingerprint density at radius 2 is 1.56 bits per heavy atom. The van der Waals surface area contributed by atoms with Crippen LogP contribution in [-0.2, 0) is 0 Å². The molecule has 3 nitrogen and oxygen atoms in total. The van der Waals surface area contributed by atoms with Crippen molar-refractivity contribution in [3.8, 4) is 0 Å². The predicted molar refractivity (Wildman–Crippen MR) is 80.3 cm³/mol. The molecule has 0 radical (unpaired) electrons. The number of hydrogen-bond donors (Lipinski definition) is 1. The van der Waals surface area contributed by atoms with Gasteiger partial charge in [0, 0.05) is 18.6 Å². The van der Waals surface area contributed by atoms with Crippen LogP contribution >= 0.6 is 12.4 Å². The Kier molecular flexibility index (Phi) is 6.93. The van der Waals surface area contributed by atoms with Gasteiger partial charge in [0.25, 0.3) is 0 Å². The van der Waals surface area contributed by atoms with E-state index in [4.69, 9.17) is 5.73 Å². The first-order valence-electron chi connectivity index (χ1n) is 7.37. The van der Waals surface area contributed by atoms with E-state index >= 15 is 0 Å². The first-order chi connectivity index (χ1) is 8.15. The molecule has 2 N–H and O–H groups in total. The van der Waals surface area contributed by atoms with Crippen molar-refractivity contribution in [3.63, 3.8) is 0 Å². The zero-order chi connectivity index (χ0) is 12.3. The average Bonchev–Trinajstić information content (AvgIpc) is 2.30. The van der Waals surface area contributed by atoms with Crippen LogP contribution < -0.4 is 5.73 Å². The highest BCUT2D eigenvalue weighted by molar-refractivity contribution is 5.85. The Hall–Kier alpha value is 0.170. The van der Waals surface area contributed by atoms with Crippen LogP contribution in [0.25, 0.3) is 0 Å². The van der Waals surface area contributed by atoms with E-state index in [-0.39, 0.29) is 12.4 Å². The zero-order valence-electron chi connectivity index (χ0n) is 12.0. The maximum absolute atomic E-state index is 5.97. The molecule has 0 amide bonds. The number of halogens is 1. The van der Waals surface area contributed by atoms with Crippen molar-refractivity contribution in [2.75, 3.05) is 32.7 Å². The Morgan fingerprint density at radius 3 is 2.06 bits per heavy atom. The van der Waals surface area contributed by atoms with E-state index in [0.29, 0.717) is 6.04 Å². The van der Waals surface area contributed by atoms with E-state index in [1.807, 2.05) is 0 Å². The van der Waals surface area contributed by atoms with Crippen molar-refractivity contribution in [1.82, 2.24) is 9.80 Å². The number of rotatable bonds is 3. The summed E-state index contributed by atoms with van der Waals surface area (Å²) in [6.45, 7) is 11.0. The van der Waals surface area contributed by atoms with Crippen LogP contribution in [0.4, 0.5) is 0 Å². The number of hydrogen-bond acceptors (Lipinski definition) is 3. The SMILES string of the molecule is CC(C)CN1CCC(N2CCC(N)CC2)CC1.Cl. The molecule has 2 aliphatic heterocycles. The van der Waals surface area contributed by atoms with Gasteiger partial charge in [-0.05, 0) is 57.8 Å². The van der Waals surface area contributed by atoms with Crippen LogP contribution in [0.1, 0.15) is 39.5 Å². The lowest BCUT2D eigenvalue weighted by Crippen LogP contribution is -2.49. The highest BCUT2D eigenvalue weighted by Crippen LogP contribution is 2.20. The van der Waals surface area contributed by atoms with Crippen molar-refractivity contribution in [2.24, 2.45) is 11.7 Å². The highest BCUT2D eigenvalue weighted by Gasteiger charge is 2.27. The summed E-state index contributed by atoms with van der Waals surface area (Å²) in [5.41, 5.74) is 5.97. The summed E-state index contributed by atoms with van der Waals surface area (Å²) >= 11 is 0. The molecular formula is C14H30ClN3. The van der Waals surface area contributed by atoms with Gasteiger partial charge in [-0.2, -0.15) is 0 Å². The van der Waals surface area contributed by atoms with Gasteiger partial charge in [0.2, 0.25) is 0 Å². The molecule has 18 heavy (non-hydrogen) atoms. The van der Waals surface area contributed by atoms with Crippen LogP contribution in [0, 0.1) is 5.92 Å². The smallest absolute Gasteiger partial charge is 0.0120 e. The number of nitrogens with zero attached hydrogens (tertiary/aromatic N) is 2. The minimum atomic E-state index is 0. The monoisotopic (exact) mass is 275 g/mol. The quantitative estimate of drug-likeness (QED) is 0.855. The largest absolute Gasteiger partial charge is 0.328 e. The van der Waals surface area contributed by atoms with E-state index in [1.165, 1.54) is 58.4 Å². The van der Waals surface area contributed by atoms with E-state index in [2.05, 4.69) is 23.6 Å².